The second-order valence-electron chi connectivity index (χ2n) is 8.46. The molecule has 1 unspecified atom stereocenters. The van der Waals surface area contributed by atoms with Crippen molar-refractivity contribution in [3.8, 4) is 11.1 Å². The van der Waals surface area contributed by atoms with E-state index in [2.05, 4.69) is 34.5 Å². The zero-order chi connectivity index (χ0) is 21.6. The lowest BCUT2D eigenvalue weighted by Gasteiger charge is -2.30. The van der Waals surface area contributed by atoms with E-state index in [4.69, 9.17) is 9.84 Å². The average Bonchev–Trinajstić information content (AvgIpc) is 3.10. The van der Waals surface area contributed by atoms with Gasteiger partial charge < -0.3 is 20.1 Å². The number of carbonyl (C=O) groups excluding carboxylic acids is 1. The van der Waals surface area contributed by atoms with E-state index in [9.17, 15) is 9.59 Å². The molecule has 2 aliphatic rings. The highest BCUT2D eigenvalue weighted by Gasteiger charge is 2.29. The highest BCUT2D eigenvalue weighted by atomic mass is 35.5. The summed E-state index contributed by atoms with van der Waals surface area (Å²) in [5.41, 5.74) is 4.73. The van der Waals surface area contributed by atoms with Crippen molar-refractivity contribution < 1.29 is 19.4 Å². The molecule has 0 radical (unpaired) electrons. The smallest absolute Gasteiger partial charge is 0.407 e. The van der Waals surface area contributed by atoms with Crippen LogP contribution in [-0.4, -0.2) is 54.4 Å². The Morgan fingerprint density at radius 3 is 2.19 bits per heavy atom. The minimum Gasteiger partial charge on any atom is -0.481 e. The molecule has 0 aromatic heterocycles. The number of carboxylic acid groups (broad SMARTS) is 1. The zero-order valence-electron chi connectivity index (χ0n) is 18.2. The number of hydrogen-bond acceptors (Lipinski definition) is 4. The SMILES string of the molecule is Cl.O=C(O)CCC(CN1CCCCC1)NC(=O)OCC1c2ccccc2-c2ccccc21. The molecule has 2 aromatic rings. The van der Waals surface area contributed by atoms with Crippen LogP contribution < -0.4 is 5.32 Å². The van der Waals surface area contributed by atoms with E-state index >= 15 is 0 Å². The normalized spacial score (nSPS) is 16.4. The van der Waals surface area contributed by atoms with E-state index in [1.54, 1.807) is 0 Å². The molecule has 1 saturated heterocycles. The first kappa shape index (κ1) is 24.1. The maximum atomic E-state index is 12.6. The van der Waals surface area contributed by atoms with Gasteiger partial charge in [-0.1, -0.05) is 55.0 Å². The molecule has 1 amide bonds. The van der Waals surface area contributed by atoms with Crippen molar-refractivity contribution in [2.45, 2.75) is 44.1 Å². The summed E-state index contributed by atoms with van der Waals surface area (Å²) >= 11 is 0. The van der Waals surface area contributed by atoms with Crippen molar-refractivity contribution in [2.24, 2.45) is 0 Å². The summed E-state index contributed by atoms with van der Waals surface area (Å²) in [5.74, 6) is -0.837. The Kier molecular flexibility index (Phi) is 8.53. The standard InChI is InChI=1S/C25H30N2O4.ClH/c28-24(29)13-12-18(16-27-14-6-1-7-15-27)26-25(30)31-17-23-21-10-4-2-8-19(21)20-9-3-5-11-22(20)23;/h2-5,8-11,18,23H,1,6-7,12-17H2,(H,26,30)(H,28,29);1H. The Balaban J connectivity index is 0.00000289. The number of nitrogens with zero attached hydrogens (tertiary/aromatic N) is 1. The van der Waals surface area contributed by atoms with Crippen LogP contribution in [0.15, 0.2) is 48.5 Å². The van der Waals surface area contributed by atoms with Crippen LogP contribution >= 0.6 is 12.4 Å². The number of fused-ring (bicyclic) bond motifs is 3. The molecule has 1 fully saturated rings. The van der Waals surface area contributed by atoms with Gasteiger partial charge in [0.25, 0.3) is 0 Å². The molecule has 2 aromatic carbocycles. The fraction of sp³-hybridized carbons (Fsp3) is 0.440. The molecule has 2 N–H and O–H groups in total. The summed E-state index contributed by atoms with van der Waals surface area (Å²) in [5, 5.41) is 12.0. The highest BCUT2D eigenvalue weighted by Crippen LogP contribution is 2.44. The van der Waals surface area contributed by atoms with E-state index in [-0.39, 0.29) is 37.4 Å². The molecule has 1 atom stereocenters. The van der Waals surface area contributed by atoms with Gasteiger partial charge in [0.2, 0.25) is 0 Å². The van der Waals surface area contributed by atoms with Crippen molar-refractivity contribution >= 4 is 24.5 Å². The first-order valence-corrected chi connectivity index (χ1v) is 11.2. The number of carbonyl (C=O) groups is 2. The number of carboxylic acids is 1. The van der Waals surface area contributed by atoms with Crippen molar-refractivity contribution in [1.29, 1.82) is 0 Å². The Hall–Kier alpha value is -2.57. The van der Waals surface area contributed by atoms with Gasteiger partial charge in [-0.25, -0.2) is 4.79 Å². The maximum absolute atomic E-state index is 12.6. The van der Waals surface area contributed by atoms with Crippen molar-refractivity contribution in [1.82, 2.24) is 10.2 Å². The number of benzene rings is 2. The number of rotatable bonds is 8. The number of aliphatic carboxylic acids is 1. The maximum Gasteiger partial charge on any atom is 0.407 e. The molecule has 0 saturated carbocycles. The molecular formula is C25H31ClN2O4. The van der Waals surface area contributed by atoms with E-state index in [1.807, 2.05) is 24.3 Å². The van der Waals surface area contributed by atoms with Gasteiger partial charge in [0.05, 0.1) is 0 Å². The van der Waals surface area contributed by atoms with Gasteiger partial charge in [0.1, 0.15) is 6.61 Å². The van der Waals surface area contributed by atoms with Crippen LogP contribution in [0.3, 0.4) is 0 Å². The number of piperidine rings is 1. The Morgan fingerprint density at radius 2 is 1.59 bits per heavy atom. The highest BCUT2D eigenvalue weighted by molar-refractivity contribution is 5.85. The third kappa shape index (κ3) is 5.81. The van der Waals surface area contributed by atoms with Crippen LogP contribution in [0.2, 0.25) is 0 Å². The van der Waals surface area contributed by atoms with Gasteiger partial charge in [0.15, 0.2) is 0 Å². The Bertz CT molecular complexity index is 884. The van der Waals surface area contributed by atoms with E-state index < -0.39 is 12.1 Å². The number of ether oxygens (including phenoxy) is 1. The number of alkyl carbamates (subject to hydrolysis) is 1. The lowest BCUT2D eigenvalue weighted by atomic mass is 9.98. The molecule has 32 heavy (non-hydrogen) atoms. The molecular weight excluding hydrogens is 428 g/mol. The van der Waals surface area contributed by atoms with Crippen LogP contribution in [0, 0.1) is 0 Å². The Labute approximate surface area is 195 Å². The van der Waals surface area contributed by atoms with Crippen molar-refractivity contribution in [3.05, 3.63) is 59.7 Å². The molecule has 0 spiro atoms. The second-order valence-corrected chi connectivity index (χ2v) is 8.46. The van der Waals surface area contributed by atoms with Crippen LogP contribution in [0.5, 0.6) is 0 Å². The summed E-state index contributed by atoms with van der Waals surface area (Å²) in [6.07, 6.45) is 3.48. The lowest BCUT2D eigenvalue weighted by molar-refractivity contribution is -0.137. The summed E-state index contributed by atoms with van der Waals surface area (Å²) in [7, 11) is 0. The number of amides is 1. The number of hydrogen-bond donors (Lipinski definition) is 2. The molecule has 7 heteroatoms. The summed E-state index contributed by atoms with van der Waals surface area (Å²) < 4.78 is 5.65. The number of halogens is 1. The Morgan fingerprint density at radius 1 is 1.00 bits per heavy atom. The number of likely N-dealkylation sites (tertiary alicyclic amines) is 1. The second kappa shape index (κ2) is 11.3. The molecule has 1 aliphatic carbocycles. The topological polar surface area (TPSA) is 78.9 Å². The first-order valence-electron chi connectivity index (χ1n) is 11.2. The molecule has 1 heterocycles. The average molecular weight is 459 g/mol. The van der Waals surface area contributed by atoms with E-state index in [0.717, 1.165) is 25.9 Å². The minimum atomic E-state index is -0.849. The van der Waals surface area contributed by atoms with E-state index in [1.165, 1.54) is 28.7 Å². The number of nitrogens with one attached hydrogen (secondary N) is 1. The predicted octanol–water partition coefficient (Wildman–Crippen LogP) is 4.67. The molecule has 0 bridgehead atoms. The van der Waals surface area contributed by atoms with Gasteiger partial charge in [-0.05, 0) is 54.6 Å². The van der Waals surface area contributed by atoms with Crippen LogP contribution in [0.4, 0.5) is 4.79 Å². The predicted molar refractivity (Wildman–Crippen MR) is 126 cm³/mol. The van der Waals surface area contributed by atoms with Crippen LogP contribution in [0.1, 0.15) is 49.1 Å². The molecule has 4 rings (SSSR count). The largest absolute Gasteiger partial charge is 0.481 e. The fourth-order valence-electron chi connectivity index (χ4n) is 4.77. The van der Waals surface area contributed by atoms with Gasteiger partial charge in [-0.3, -0.25) is 4.79 Å². The molecule has 172 valence electrons. The van der Waals surface area contributed by atoms with E-state index in [0.29, 0.717) is 13.0 Å². The third-order valence-electron chi connectivity index (χ3n) is 6.30. The molecule has 6 nitrogen and oxygen atoms in total. The van der Waals surface area contributed by atoms with Crippen LogP contribution in [-0.2, 0) is 9.53 Å². The van der Waals surface area contributed by atoms with Gasteiger partial charge >= 0.3 is 12.1 Å². The summed E-state index contributed by atoms with van der Waals surface area (Å²) in [6, 6.07) is 16.2. The van der Waals surface area contributed by atoms with Gasteiger partial charge in [-0.15, -0.1) is 12.4 Å². The zero-order valence-corrected chi connectivity index (χ0v) is 19.0. The summed E-state index contributed by atoms with van der Waals surface area (Å²) in [6.45, 7) is 2.92. The van der Waals surface area contributed by atoms with Gasteiger partial charge in [-0.2, -0.15) is 0 Å². The monoisotopic (exact) mass is 458 g/mol. The quantitative estimate of drug-likeness (QED) is 0.601. The van der Waals surface area contributed by atoms with Crippen molar-refractivity contribution in [3.63, 3.8) is 0 Å². The van der Waals surface area contributed by atoms with Crippen molar-refractivity contribution in [2.75, 3.05) is 26.2 Å². The molecule has 1 aliphatic heterocycles. The first-order chi connectivity index (χ1) is 15.1. The minimum absolute atomic E-state index is 0. The van der Waals surface area contributed by atoms with Gasteiger partial charge in [0, 0.05) is 24.9 Å². The summed E-state index contributed by atoms with van der Waals surface area (Å²) in [4.78, 5) is 26.0. The third-order valence-corrected chi connectivity index (χ3v) is 6.30. The van der Waals surface area contributed by atoms with Crippen LogP contribution in [0.25, 0.3) is 11.1 Å². The lowest BCUT2D eigenvalue weighted by Crippen LogP contribution is -2.45. The fourth-order valence-corrected chi connectivity index (χ4v) is 4.77.